The van der Waals surface area contributed by atoms with E-state index in [1.165, 1.54) is 20.9 Å². The summed E-state index contributed by atoms with van der Waals surface area (Å²) in [5, 5.41) is 8.88. The van der Waals surface area contributed by atoms with E-state index in [0.717, 1.165) is 33.3 Å². The number of esters is 1. The van der Waals surface area contributed by atoms with Crippen LogP contribution in [-0.2, 0) is 17.6 Å². The average molecular weight is 543 g/mol. The van der Waals surface area contributed by atoms with E-state index in [9.17, 15) is 9.59 Å². The Kier molecular flexibility index (Phi) is 7.72. The minimum atomic E-state index is -0.914. The highest BCUT2D eigenvalue weighted by molar-refractivity contribution is 7.19. The molecule has 0 atom stereocenters. The molecule has 4 aromatic heterocycles. The molecule has 0 aliphatic heterocycles. The maximum atomic E-state index is 11.6. The summed E-state index contributed by atoms with van der Waals surface area (Å²) in [5.41, 5.74) is 5.25. The number of ether oxygens (including phenoxy) is 1. The van der Waals surface area contributed by atoms with Crippen LogP contribution in [0, 0.1) is 0 Å². The van der Waals surface area contributed by atoms with Crippen LogP contribution in [0.15, 0.2) is 84.9 Å². The molecule has 0 fully saturated rings. The van der Waals surface area contributed by atoms with Crippen molar-refractivity contribution >= 4 is 55.0 Å². The first-order chi connectivity index (χ1) is 18.5. The molecule has 8 heteroatoms. The molecule has 0 saturated heterocycles. The van der Waals surface area contributed by atoms with Crippen molar-refractivity contribution in [1.82, 2.24) is 9.97 Å². The van der Waals surface area contributed by atoms with E-state index in [1.54, 1.807) is 35.7 Å². The van der Waals surface area contributed by atoms with E-state index in [4.69, 9.17) is 9.84 Å². The number of carbonyl (C=O) groups excluding carboxylic acids is 1. The number of aromatic amines is 2. The van der Waals surface area contributed by atoms with Gasteiger partial charge in [-0.25, -0.2) is 9.59 Å². The van der Waals surface area contributed by atoms with Gasteiger partial charge in [-0.1, -0.05) is 60.7 Å². The standard InChI is InChI=1S/C16H15NO2S.C14H11NO2S/c1-2-19-16(18)14-10-15-13(17-14)9-12(20-15)8-11-6-4-3-5-7-11;16-14(17)12-8-13-11(15-12)7-10(18-13)6-9-4-2-1-3-5-9/h3-7,9-10,17H,2,8H2,1H3;1-5,7-8,15H,6H2,(H,16,17). The second-order valence-corrected chi connectivity index (χ2v) is 11.0. The molecule has 0 aliphatic rings. The van der Waals surface area contributed by atoms with Crippen LogP contribution in [0.4, 0.5) is 0 Å². The van der Waals surface area contributed by atoms with Crippen molar-refractivity contribution in [1.29, 1.82) is 0 Å². The number of carbonyl (C=O) groups is 2. The number of nitrogens with one attached hydrogen (secondary N) is 2. The molecule has 0 saturated carbocycles. The molecular formula is C30H26N2O4S2. The Morgan fingerprint density at radius 3 is 1.66 bits per heavy atom. The van der Waals surface area contributed by atoms with E-state index < -0.39 is 5.97 Å². The first kappa shape index (κ1) is 25.5. The minimum absolute atomic E-state index is 0.252. The third-order valence-corrected chi connectivity index (χ3v) is 8.05. The van der Waals surface area contributed by atoms with Gasteiger partial charge in [0.05, 0.1) is 27.0 Å². The quantitative estimate of drug-likeness (QED) is 0.182. The zero-order valence-corrected chi connectivity index (χ0v) is 22.3. The van der Waals surface area contributed by atoms with Gasteiger partial charge in [-0.3, -0.25) is 0 Å². The third kappa shape index (κ3) is 6.04. The summed E-state index contributed by atoms with van der Waals surface area (Å²) in [6.07, 6.45) is 1.80. The summed E-state index contributed by atoms with van der Waals surface area (Å²) in [4.78, 5) is 31.0. The lowest BCUT2D eigenvalue weighted by molar-refractivity contribution is 0.0520. The van der Waals surface area contributed by atoms with Gasteiger partial charge in [0.2, 0.25) is 0 Å². The van der Waals surface area contributed by atoms with Gasteiger partial charge in [-0.15, -0.1) is 22.7 Å². The summed E-state index contributed by atoms with van der Waals surface area (Å²) in [6.45, 7) is 2.20. The maximum Gasteiger partial charge on any atom is 0.354 e. The number of aromatic nitrogens is 2. The van der Waals surface area contributed by atoms with Crippen molar-refractivity contribution in [3.8, 4) is 0 Å². The van der Waals surface area contributed by atoms with Crippen LogP contribution < -0.4 is 0 Å². The van der Waals surface area contributed by atoms with E-state index in [2.05, 4.69) is 40.3 Å². The van der Waals surface area contributed by atoms with Crippen LogP contribution in [0.25, 0.3) is 20.4 Å². The number of H-pyrrole nitrogens is 2. The number of thiophene rings is 2. The van der Waals surface area contributed by atoms with E-state index >= 15 is 0 Å². The molecule has 6 aromatic rings. The maximum absolute atomic E-state index is 11.6. The van der Waals surface area contributed by atoms with Crippen molar-refractivity contribution in [2.24, 2.45) is 0 Å². The predicted molar refractivity (Wildman–Crippen MR) is 154 cm³/mol. The molecule has 192 valence electrons. The van der Waals surface area contributed by atoms with Crippen molar-refractivity contribution in [2.45, 2.75) is 19.8 Å². The van der Waals surface area contributed by atoms with Gasteiger partial charge >= 0.3 is 11.9 Å². The van der Waals surface area contributed by atoms with Crippen molar-refractivity contribution in [3.63, 3.8) is 0 Å². The molecule has 6 rings (SSSR count). The molecule has 0 bridgehead atoms. The molecule has 6 nitrogen and oxygen atoms in total. The van der Waals surface area contributed by atoms with Crippen molar-refractivity contribution in [3.05, 3.63) is 117 Å². The molecule has 4 heterocycles. The molecule has 0 amide bonds. The van der Waals surface area contributed by atoms with Crippen LogP contribution in [0.3, 0.4) is 0 Å². The molecule has 38 heavy (non-hydrogen) atoms. The van der Waals surface area contributed by atoms with Crippen LogP contribution >= 0.6 is 22.7 Å². The van der Waals surface area contributed by atoms with Gasteiger partial charge in [0.1, 0.15) is 11.4 Å². The van der Waals surface area contributed by atoms with Crippen LogP contribution in [-0.4, -0.2) is 33.6 Å². The highest BCUT2D eigenvalue weighted by Crippen LogP contribution is 2.29. The minimum Gasteiger partial charge on any atom is -0.477 e. The number of aromatic carboxylic acids is 1. The number of benzene rings is 2. The van der Waals surface area contributed by atoms with E-state index in [1.807, 2.05) is 48.5 Å². The zero-order valence-electron chi connectivity index (χ0n) is 20.7. The number of hydrogen-bond donors (Lipinski definition) is 3. The summed E-state index contributed by atoms with van der Waals surface area (Å²) < 4.78 is 7.08. The third-order valence-electron chi connectivity index (χ3n) is 5.88. The monoisotopic (exact) mass is 542 g/mol. The highest BCUT2D eigenvalue weighted by atomic mass is 32.1. The molecular weight excluding hydrogens is 516 g/mol. The number of carboxylic acids is 1. The largest absolute Gasteiger partial charge is 0.477 e. The van der Waals surface area contributed by atoms with Gasteiger partial charge < -0.3 is 19.8 Å². The average Bonchev–Trinajstić information content (AvgIpc) is 3.66. The van der Waals surface area contributed by atoms with Gasteiger partial charge in [-0.05, 0) is 42.3 Å². The van der Waals surface area contributed by atoms with E-state index in [-0.39, 0.29) is 11.7 Å². The van der Waals surface area contributed by atoms with Crippen LogP contribution in [0.2, 0.25) is 0 Å². The Hall–Kier alpha value is -4.14. The SMILES string of the molecule is CCOC(=O)c1cc2sc(Cc3ccccc3)cc2[nH]1.O=C(O)c1cc2sc(Cc3ccccc3)cc2[nH]1. The van der Waals surface area contributed by atoms with Gasteiger partial charge in [0.25, 0.3) is 0 Å². The lowest BCUT2D eigenvalue weighted by atomic mass is 10.1. The fourth-order valence-electron chi connectivity index (χ4n) is 4.15. The fraction of sp³-hybridized carbons (Fsp3) is 0.133. The second kappa shape index (κ2) is 11.5. The van der Waals surface area contributed by atoms with Gasteiger partial charge in [-0.2, -0.15) is 0 Å². The Bertz CT molecular complexity index is 1610. The summed E-state index contributed by atoms with van der Waals surface area (Å²) in [6, 6.07) is 28.3. The lowest BCUT2D eigenvalue weighted by Gasteiger charge is -1.98. The topological polar surface area (TPSA) is 95.2 Å². The number of hydrogen-bond acceptors (Lipinski definition) is 5. The Balaban J connectivity index is 0.000000156. The molecule has 2 aromatic carbocycles. The zero-order chi connectivity index (χ0) is 26.5. The summed E-state index contributed by atoms with van der Waals surface area (Å²) >= 11 is 3.35. The molecule has 0 spiro atoms. The lowest BCUT2D eigenvalue weighted by Crippen LogP contribution is -2.04. The summed E-state index contributed by atoms with van der Waals surface area (Å²) in [5.74, 6) is -1.21. The number of rotatable bonds is 7. The first-order valence-electron chi connectivity index (χ1n) is 12.2. The van der Waals surface area contributed by atoms with Crippen molar-refractivity contribution < 1.29 is 19.4 Å². The molecule has 0 radical (unpaired) electrons. The van der Waals surface area contributed by atoms with Crippen molar-refractivity contribution in [2.75, 3.05) is 6.61 Å². The summed E-state index contributed by atoms with van der Waals surface area (Å²) in [7, 11) is 0. The first-order valence-corrected chi connectivity index (χ1v) is 13.8. The predicted octanol–water partition coefficient (Wildman–Crippen LogP) is 7.52. The van der Waals surface area contributed by atoms with Crippen LogP contribution in [0.1, 0.15) is 48.8 Å². The highest BCUT2D eigenvalue weighted by Gasteiger charge is 2.13. The van der Waals surface area contributed by atoms with E-state index in [0.29, 0.717) is 12.3 Å². The molecule has 3 N–H and O–H groups in total. The Labute approximate surface area is 227 Å². The fourth-order valence-corrected chi connectivity index (χ4v) is 6.34. The van der Waals surface area contributed by atoms with Gasteiger partial charge in [0.15, 0.2) is 0 Å². The Morgan fingerprint density at radius 1 is 0.737 bits per heavy atom. The smallest absolute Gasteiger partial charge is 0.354 e. The second-order valence-electron chi connectivity index (χ2n) is 8.70. The molecule has 0 aliphatic carbocycles. The number of fused-ring (bicyclic) bond motifs is 2. The van der Waals surface area contributed by atoms with Crippen LogP contribution in [0.5, 0.6) is 0 Å². The van der Waals surface area contributed by atoms with Gasteiger partial charge in [0, 0.05) is 22.6 Å². The normalized spacial score (nSPS) is 10.9. The molecule has 0 unspecified atom stereocenters. The Morgan fingerprint density at radius 2 is 1.21 bits per heavy atom. The number of carboxylic acid groups (broad SMARTS) is 1.